The lowest BCUT2D eigenvalue weighted by Gasteiger charge is -2.36. The Morgan fingerprint density at radius 3 is 2.41 bits per heavy atom. The maximum absolute atomic E-state index is 12.5. The summed E-state index contributed by atoms with van der Waals surface area (Å²) in [5, 5.41) is 0. The van der Waals surface area contributed by atoms with Crippen molar-refractivity contribution in [3.05, 3.63) is 35.4 Å². The molecule has 0 aromatic heterocycles. The lowest BCUT2D eigenvalue weighted by atomic mass is 9.98. The average molecular weight is 302 g/mol. The fourth-order valence-corrected chi connectivity index (χ4v) is 2.91. The Labute approximate surface area is 128 Å². The molecule has 0 unspecified atom stereocenters. The number of carbonyl (C=O) groups is 3. The summed E-state index contributed by atoms with van der Waals surface area (Å²) < 4.78 is 5.29. The van der Waals surface area contributed by atoms with Crippen LogP contribution in [0, 0.1) is 0 Å². The Bertz CT molecular complexity index is 620. The van der Waals surface area contributed by atoms with Crippen molar-refractivity contribution in [2.75, 3.05) is 26.2 Å². The Hall–Kier alpha value is -2.37. The number of esters is 1. The molecule has 2 heterocycles. The van der Waals surface area contributed by atoms with Crippen LogP contribution in [0.15, 0.2) is 24.3 Å². The summed E-state index contributed by atoms with van der Waals surface area (Å²) >= 11 is 0. The smallest absolute Gasteiger partial charge is 0.339 e. The minimum atomic E-state index is -0.758. The molecule has 0 N–H and O–H groups in total. The van der Waals surface area contributed by atoms with E-state index in [2.05, 4.69) is 0 Å². The van der Waals surface area contributed by atoms with Crippen molar-refractivity contribution >= 4 is 17.8 Å². The first-order valence-corrected chi connectivity index (χ1v) is 7.39. The predicted molar refractivity (Wildman–Crippen MR) is 78.2 cm³/mol. The van der Waals surface area contributed by atoms with Crippen LogP contribution in [0.4, 0.5) is 0 Å². The first kappa shape index (κ1) is 14.6. The fourth-order valence-electron chi connectivity index (χ4n) is 2.91. The van der Waals surface area contributed by atoms with Gasteiger partial charge in [0.25, 0.3) is 5.91 Å². The summed E-state index contributed by atoms with van der Waals surface area (Å²) in [6.07, 6.45) is -0.348. The van der Waals surface area contributed by atoms with E-state index in [1.54, 1.807) is 21.9 Å². The molecule has 116 valence electrons. The molecule has 1 fully saturated rings. The number of hydrogen-bond donors (Lipinski definition) is 0. The van der Waals surface area contributed by atoms with Crippen molar-refractivity contribution in [3.8, 4) is 0 Å². The maximum Gasteiger partial charge on any atom is 0.339 e. The van der Waals surface area contributed by atoms with Crippen LogP contribution < -0.4 is 0 Å². The maximum atomic E-state index is 12.5. The molecule has 0 saturated carbocycles. The second kappa shape index (κ2) is 5.79. The SMILES string of the molecule is CC(=O)N1CCN(C(=O)[C@@H]2Cc3ccccc3C(=O)O2)CC1. The molecule has 0 radical (unpaired) electrons. The van der Waals surface area contributed by atoms with E-state index < -0.39 is 12.1 Å². The quantitative estimate of drug-likeness (QED) is 0.707. The van der Waals surface area contributed by atoms with Gasteiger partial charge in [-0.2, -0.15) is 0 Å². The molecule has 1 atom stereocenters. The third kappa shape index (κ3) is 2.68. The number of ether oxygens (including phenoxy) is 1. The van der Waals surface area contributed by atoms with Gasteiger partial charge in [-0.15, -0.1) is 0 Å². The van der Waals surface area contributed by atoms with Crippen molar-refractivity contribution < 1.29 is 19.1 Å². The fraction of sp³-hybridized carbons (Fsp3) is 0.438. The van der Waals surface area contributed by atoms with E-state index in [0.717, 1.165) is 5.56 Å². The third-order valence-corrected chi connectivity index (χ3v) is 4.20. The van der Waals surface area contributed by atoms with Crippen LogP contribution in [0.2, 0.25) is 0 Å². The number of carbonyl (C=O) groups excluding carboxylic acids is 3. The van der Waals surface area contributed by atoms with Crippen LogP contribution in [-0.4, -0.2) is 59.9 Å². The van der Waals surface area contributed by atoms with E-state index in [1.807, 2.05) is 12.1 Å². The third-order valence-electron chi connectivity index (χ3n) is 4.20. The van der Waals surface area contributed by atoms with Crippen LogP contribution in [0.5, 0.6) is 0 Å². The van der Waals surface area contributed by atoms with Gasteiger partial charge in [0.05, 0.1) is 5.56 Å². The van der Waals surface area contributed by atoms with Gasteiger partial charge in [0.1, 0.15) is 0 Å². The summed E-state index contributed by atoms with van der Waals surface area (Å²) in [6.45, 7) is 3.54. The molecule has 2 amide bonds. The van der Waals surface area contributed by atoms with E-state index in [4.69, 9.17) is 4.74 Å². The van der Waals surface area contributed by atoms with E-state index >= 15 is 0 Å². The number of benzene rings is 1. The average Bonchev–Trinajstić information content (AvgIpc) is 2.54. The summed E-state index contributed by atoms with van der Waals surface area (Å²) in [5.74, 6) is -0.598. The first-order chi connectivity index (χ1) is 10.6. The molecule has 6 nitrogen and oxygen atoms in total. The molecule has 0 aliphatic carbocycles. The first-order valence-electron chi connectivity index (χ1n) is 7.39. The number of amides is 2. The lowest BCUT2D eigenvalue weighted by molar-refractivity contribution is -0.145. The topological polar surface area (TPSA) is 66.9 Å². The number of hydrogen-bond acceptors (Lipinski definition) is 4. The number of nitrogens with zero attached hydrogens (tertiary/aromatic N) is 2. The molecule has 1 aromatic rings. The van der Waals surface area contributed by atoms with Crippen LogP contribution in [0.3, 0.4) is 0 Å². The molecule has 2 aliphatic rings. The summed E-state index contributed by atoms with van der Waals surface area (Å²) in [6, 6.07) is 7.20. The second-order valence-corrected chi connectivity index (χ2v) is 5.59. The van der Waals surface area contributed by atoms with Crippen LogP contribution in [0.25, 0.3) is 0 Å². The van der Waals surface area contributed by atoms with E-state index in [-0.39, 0.29) is 11.8 Å². The predicted octanol–water partition coefficient (Wildman–Crippen LogP) is 0.459. The zero-order valence-corrected chi connectivity index (χ0v) is 12.4. The minimum Gasteiger partial charge on any atom is -0.448 e. The summed E-state index contributed by atoms with van der Waals surface area (Å²) in [7, 11) is 0. The van der Waals surface area contributed by atoms with Crippen molar-refractivity contribution in [1.29, 1.82) is 0 Å². The molecule has 3 rings (SSSR count). The molecule has 22 heavy (non-hydrogen) atoms. The van der Waals surface area contributed by atoms with Gasteiger partial charge in [0, 0.05) is 39.5 Å². The molecule has 6 heteroatoms. The molecular weight excluding hydrogens is 284 g/mol. The Kier molecular flexibility index (Phi) is 3.83. The highest BCUT2D eigenvalue weighted by atomic mass is 16.5. The highest BCUT2D eigenvalue weighted by Crippen LogP contribution is 2.22. The van der Waals surface area contributed by atoms with Crippen LogP contribution in [0.1, 0.15) is 22.8 Å². The number of piperazine rings is 1. The summed E-state index contributed by atoms with van der Waals surface area (Å²) in [4.78, 5) is 39.2. The minimum absolute atomic E-state index is 0.0186. The van der Waals surface area contributed by atoms with E-state index in [9.17, 15) is 14.4 Å². The van der Waals surface area contributed by atoms with Crippen molar-refractivity contribution in [2.24, 2.45) is 0 Å². The molecular formula is C16H18N2O4. The summed E-state index contributed by atoms with van der Waals surface area (Å²) in [5.41, 5.74) is 1.38. The monoisotopic (exact) mass is 302 g/mol. The molecule has 0 bridgehead atoms. The molecule has 0 spiro atoms. The Morgan fingerprint density at radius 1 is 1.09 bits per heavy atom. The van der Waals surface area contributed by atoms with Crippen LogP contribution >= 0.6 is 0 Å². The van der Waals surface area contributed by atoms with E-state index in [0.29, 0.717) is 38.2 Å². The van der Waals surface area contributed by atoms with Crippen molar-refractivity contribution in [1.82, 2.24) is 9.80 Å². The van der Waals surface area contributed by atoms with Gasteiger partial charge < -0.3 is 14.5 Å². The Morgan fingerprint density at radius 2 is 1.73 bits per heavy atom. The Balaban J connectivity index is 1.67. The van der Waals surface area contributed by atoms with Gasteiger partial charge >= 0.3 is 5.97 Å². The van der Waals surface area contributed by atoms with Crippen molar-refractivity contribution in [2.45, 2.75) is 19.4 Å². The zero-order valence-electron chi connectivity index (χ0n) is 12.4. The van der Waals surface area contributed by atoms with Crippen molar-refractivity contribution in [3.63, 3.8) is 0 Å². The molecule has 1 saturated heterocycles. The second-order valence-electron chi connectivity index (χ2n) is 5.59. The zero-order chi connectivity index (χ0) is 15.7. The van der Waals surface area contributed by atoms with Gasteiger partial charge in [-0.05, 0) is 11.6 Å². The van der Waals surface area contributed by atoms with Gasteiger partial charge in [-0.1, -0.05) is 18.2 Å². The number of fused-ring (bicyclic) bond motifs is 1. The van der Waals surface area contributed by atoms with Gasteiger partial charge in [-0.3, -0.25) is 9.59 Å². The van der Waals surface area contributed by atoms with Crippen LogP contribution in [-0.2, 0) is 20.7 Å². The highest BCUT2D eigenvalue weighted by molar-refractivity contribution is 5.95. The lowest BCUT2D eigenvalue weighted by Crippen LogP contribution is -2.53. The molecule has 1 aromatic carbocycles. The molecule has 2 aliphatic heterocycles. The number of rotatable bonds is 1. The largest absolute Gasteiger partial charge is 0.448 e. The standard InChI is InChI=1S/C16H18N2O4/c1-11(19)17-6-8-18(9-7-17)15(20)14-10-12-4-2-3-5-13(12)16(21)22-14/h2-5,14H,6-10H2,1H3/t14-/m0/s1. The highest BCUT2D eigenvalue weighted by Gasteiger charge is 2.35. The normalized spacial score (nSPS) is 21.1. The van der Waals surface area contributed by atoms with E-state index in [1.165, 1.54) is 6.92 Å². The van der Waals surface area contributed by atoms with Gasteiger partial charge in [0.15, 0.2) is 6.10 Å². The number of cyclic esters (lactones) is 1. The van der Waals surface area contributed by atoms with Gasteiger partial charge in [0.2, 0.25) is 5.91 Å². The van der Waals surface area contributed by atoms with Gasteiger partial charge in [-0.25, -0.2) is 4.79 Å².